The molecular formula is C18H14FNO. The van der Waals surface area contributed by atoms with E-state index in [0.717, 1.165) is 16.8 Å². The van der Waals surface area contributed by atoms with Crippen LogP contribution in [-0.2, 0) is 0 Å². The van der Waals surface area contributed by atoms with Crippen LogP contribution in [0.3, 0.4) is 0 Å². The Morgan fingerprint density at radius 1 is 0.810 bits per heavy atom. The van der Waals surface area contributed by atoms with Crippen molar-refractivity contribution in [1.82, 2.24) is 4.98 Å². The molecule has 3 heteroatoms. The van der Waals surface area contributed by atoms with Gasteiger partial charge in [0.1, 0.15) is 11.6 Å². The predicted octanol–water partition coefficient (Wildman–Crippen LogP) is 4.56. The fourth-order valence-electron chi connectivity index (χ4n) is 2.18. The van der Waals surface area contributed by atoms with E-state index in [1.165, 1.54) is 12.1 Å². The molecule has 104 valence electrons. The Balaban J connectivity index is 2.14. The number of hydrogen-bond acceptors (Lipinski definition) is 2. The molecule has 0 radical (unpaired) electrons. The van der Waals surface area contributed by atoms with Crippen LogP contribution in [0.2, 0.25) is 0 Å². The first-order valence-electron chi connectivity index (χ1n) is 6.64. The summed E-state index contributed by atoms with van der Waals surface area (Å²) in [7, 11) is 1.61. The Bertz CT molecular complexity index is 756. The normalized spacial score (nSPS) is 10.4. The van der Waals surface area contributed by atoms with Crippen molar-refractivity contribution in [2.24, 2.45) is 0 Å². The fraction of sp³-hybridized carbons (Fsp3) is 0.0556. The monoisotopic (exact) mass is 279 g/mol. The van der Waals surface area contributed by atoms with Gasteiger partial charge in [0.15, 0.2) is 0 Å². The van der Waals surface area contributed by atoms with E-state index in [1.54, 1.807) is 19.2 Å². The third-order valence-corrected chi connectivity index (χ3v) is 3.22. The summed E-state index contributed by atoms with van der Waals surface area (Å²) in [5.74, 6) is 0.418. The lowest BCUT2D eigenvalue weighted by Crippen LogP contribution is -1.92. The number of pyridine rings is 1. The summed E-state index contributed by atoms with van der Waals surface area (Å²) in [6.45, 7) is 0. The highest BCUT2D eigenvalue weighted by atomic mass is 19.1. The Labute approximate surface area is 122 Å². The van der Waals surface area contributed by atoms with Gasteiger partial charge in [-0.3, -0.25) is 0 Å². The number of methoxy groups -OCH3 is 1. The van der Waals surface area contributed by atoms with Gasteiger partial charge in [-0.2, -0.15) is 0 Å². The van der Waals surface area contributed by atoms with E-state index >= 15 is 0 Å². The van der Waals surface area contributed by atoms with Crippen LogP contribution in [0.4, 0.5) is 4.39 Å². The summed E-state index contributed by atoms with van der Waals surface area (Å²) < 4.78 is 18.7. The van der Waals surface area contributed by atoms with Gasteiger partial charge in [0.05, 0.1) is 18.5 Å². The molecule has 1 aromatic heterocycles. The number of nitrogens with zero attached hydrogens (tertiary/aromatic N) is 1. The number of benzene rings is 2. The maximum Gasteiger partial charge on any atom is 0.123 e. The second-order valence-electron chi connectivity index (χ2n) is 4.65. The highest BCUT2D eigenvalue weighted by Crippen LogP contribution is 2.28. The number of ether oxygens (including phenoxy) is 1. The minimum absolute atomic E-state index is 0.279. The Morgan fingerprint density at radius 2 is 1.48 bits per heavy atom. The molecule has 0 aliphatic carbocycles. The Kier molecular flexibility index (Phi) is 3.65. The number of hydrogen-bond donors (Lipinski definition) is 0. The quantitative estimate of drug-likeness (QED) is 0.701. The van der Waals surface area contributed by atoms with Crippen molar-refractivity contribution < 1.29 is 9.13 Å². The summed E-state index contributed by atoms with van der Waals surface area (Å²) in [6, 6.07) is 19.9. The molecule has 0 N–H and O–H groups in total. The van der Waals surface area contributed by atoms with Crippen molar-refractivity contribution in [3.05, 3.63) is 72.5 Å². The first-order chi connectivity index (χ1) is 10.3. The molecule has 0 aliphatic rings. The van der Waals surface area contributed by atoms with Crippen LogP contribution in [0, 0.1) is 5.82 Å². The molecule has 0 saturated carbocycles. The van der Waals surface area contributed by atoms with Crippen LogP contribution < -0.4 is 4.74 Å². The minimum atomic E-state index is -0.279. The molecule has 0 spiro atoms. The first kappa shape index (κ1) is 13.3. The van der Waals surface area contributed by atoms with E-state index in [4.69, 9.17) is 4.74 Å². The summed E-state index contributed by atoms with van der Waals surface area (Å²) in [5.41, 5.74) is 3.21. The standard InChI is InChI=1S/C18H14FNO/c1-21-16-11-17(13-6-3-2-4-7-13)20-18(12-16)14-8-5-9-15(19)10-14/h2-12H,1H3. The second-order valence-corrected chi connectivity index (χ2v) is 4.65. The number of aromatic nitrogens is 1. The molecule has 0 amide bonds. The average Bonchev–Trinajstić information content (AvgIpc) is 2.55. The lowest BCUT2D eigenvalue weighted by molar-refractivity contribution is 0.414. The number of rotatable bonds is 3. The van der Waals surface area contributed by atoms with Crippen LogP contribution in [0.15, 0.2) is 66.7 Å². The van der Waals surface area contributed by atoms with Gasteiger partial charge in [-0.25, -0.2) is 9.37 Å². The van der Waals surface area contributed by atoms with Crippen molar-refractivity contribution in [3.63, 3.8) is 0 Å². The van der Waals surface area contributed by atoms with Crippen molar-refractivity contribution >= 4 is 0 Å². The second kappa shape index (κ2) is 5.75. The number of halogens is 1. The van der Waals surface area contributed by atoms with Crippen molar-refractivity contribution in [1.29, 1.82) is 0 Å². The van der Waals surface area contributed by atoms with Crippen molar-refractivity contribution in [3.8, 4) is 28.3 Å². The van der Waals surface area contributed by atoms with E-state index < -0.39 is 0 Å². The van der Waals surface area contributed by atoms with Crippen LogP contribution in [0.25, 0.3) is 22.5 Å². The molecule has 0 saturated heterocycles. The Hall–Kier alpha value is -2.68. The minimum Gasteiger partial charge on any atom is -0.497 e. The maximum atomic E-state index is 13.4. The summed E-state index contributed by atoms with van der Waals surface area (Å²) in [6.07, 6.45) is 0. The smallest absolute Gasteiger partial charge is 0.123 e. The lowest BCUT2D eigenvalue weighted by atomic mass is 10.1. The predicted molar refractivity (Wildman–Crippen MR) is 81.6 cm³/mol. The molecule has 0 atom stereocenters. The largest absolute Gasteiger partial charge is 0.497 e. The fourth-order valence-corrected chi connectivity index (χ4v) is 2.18. The topological polar surface area (TPSA) is 22.1 Å². The molecule has 21 heavy (non-hydrogen) atoms. The van der Waals surface area contributed by atoms with Gasteiger partial charge in [-0.1, -0.05) is 42.5 Å². The molecule has 1 heterocycles. The molecule has 3 rings (SSSR count). The lowest BCUT2D eigenvalue weighted by Gasteiger charge is -2.09. The van der Waals surface area contributed by atoms with E-state index in [-0.39, 0.29) is 5.82 Å². The first-order valence-corrected chi connectivity index (χ1v) is 6.64. The van der Waals surface area contributed by atoms with E-state index in [1.807, 2.05) is 42.5 Å². The van der Waals surface area contributed by atoms with Gasteiger partial charge in [0, 0.05) is 23.3 Å². The molecule has 0 unspecified atom stereocenters. The molecular weight excluding hydrogens is 265 g/mol. The molecule has 0 fully saturated rings. The molecule has 0 bridgehead atoms. The molecule has 2 nitrogen and oxygen atoms in total. The maximum absolute atomic E-state index is 13.4. The van der Waals surface area contributed by atoms with Gasteiger partial charge in [-0.05, 0) is 12.1 Å². The van der Waals surface area contributed by atoms with Crippen LogP contribution in [0.1, 0.15) is 0 Å². The third kappa shape index (κ3) is 2.92. The summed E-state index contributed by atoms with van der Waals surface area (Å²) in [5, 5.41) is 0. The highest BCUT2D eigenvalue weighted by Gasteiger charge is 2.08. The van der Waals surface area contributed by atoms with Gasteiger partial charge in [0.2, 0.25) is 0 Å². The Morgan fingerprint density at radius 3 is 2.14 bits per heavy atom. The van der Waals surface area contributed by atoms with Gasteiger partial charge < -0.3 is 4.74 Å². The van der Waals surface area contributed by atoms with E-state index in [0.29, 0.717) is 11.4 Å². The summed E-state index contributed by atoms with van der Waals surface area (Å²) in [4.78, 5) is 4.62. The molecule has 3 aromatic rings. The zero-order valence-electron chi connectivity index (χ0n) is 11.6. The summed E-state index contributed by atoms with van der Waals surface area (Å²) >= 11 is 0. The highest BCUT2D eigenvalue weighted by molar-refractivity contribution is 5.68. The van der Waals surface area contributed by atoms with Crippen molar-refractivity contribution in [2.45, 2.75) is 0 Å². The van der Waals surface area contributed by atoms with Crippen LogP contribution in [0.5, 0.6) is 5.75 Å². The van der Waals surface area contributed by atoms with Gasteiger partial charge in [0.25, 0.3) is 0 Å². The van der Waals surface area contributed by atoms with E-state index in [2.05, 4.69) is 4.98 Å². The van der Waals surface area contributed by atoms with Crippen LogP contribution >= 0.6 is 0 Å². The van der Waals surface area contributed by atoms with Crippen molar-refractivity contribution in [2.75, 3.05) is 7.11 Å². The zero-order chi connectivity index (χ0) is 14.7. The molecule has 2 aromatic carbocycles. The third-order valence-electron chi connectivity index (χ3n) is 3.22. The average molecular weight is 279 g/mol. The zero-order valence-corrected chi connectivity index (χ0v) is 11.6. The van der Waals surface area contributed by atoms with E-state index in [9.17, 15) is 4.39 Å². The van der Waals surface area contributed by atoms with Crippen LogP contribution in [-0.4, -0.2) is 12.1 Å². The van der Waals surface area contributed by atoms with Gasteiger partial charge >= 0.3 is 0 Å². The van der Waals surface area contributed by atoms with Gasteiger partial charge in [-0.15, -0.1) is 0 Å². The SMILES string of the molecule is COc1cc(-c2ccccc2)nc(-c2cccc(F)c2)c1. The molecule has 0 aliphatic heterocycles.